The van der Waals surface area contributed by atoms with Crippen molar-refractivity contribution in [3.8, 4) is 0 Å². The van der Waals surface area contributed by atoms with Crippen LogP contribution in [0.3, 0.4) is 0 Å². The minimum atomic E-state index is 0. The summed E-state index contributed by atoms with van der Waals surface area (Å²) in [6.45, 7) is 0. The normalized spacial score (nSPS) is 13.7. The maximum atomic E-state index is 5.47. The molecule has 0 aromatic heterocycles. The average Bonchev–Trinajstić information content (AvgIpc) is 1.86. The van der Waals surface area contributed by atoms with Crippen LogP contribution in [-0.2, 0) is 21.1 Å². The van der Waals surface area contributed by atoms with E-state index in [0.29, 0.717) is 6.04 Å². The Morgan fingerprint density at radius 3 is 1.40 bits per heavy atom. The van der Waals surface area contributed by atoms with Gasteiger partial charge in [-0.3, -0.25) is 0 Å². The van der Waals surface area contributed by atoms with Crippen LogP contribution in [0.4, 0.5) is 0 Å². The molecule has 0 radical (unpaired) electrons. The summed E-state index contributed by atoms with van der Waals surface area (Å²) in [6, 6.07) is 0.435. The second-order valence-corrected chi connectivity index (χ2v) is 1.70. The second-order valence-electron chi connectivity index (χ2n) is 1.70. The number of nitrogens with two attached hydrogens (primary N) is 1. The molecule has 1 aliphatic carbocycles. The van der Waals surface area contributed by atoms with Crippen molar-refractivity contribution in [3.05, 3.63) is 34.4 Å². The molecule has 0 fully saturated rings. The van der Waals surface area contributed by atoms with E-state index in [0.717, 1.165) is 12.8 Å². The van der Waals surface area contributed by atoms with E-state index in [1.807, 2.05) is 0 Å². The molecule has 2 heteroatoms. The summed E-state index contributed by atoms with van der Waals surface area (Å²) >= 11 is 0. The van der Waals surface area contributed by atoms with E-state index in [2.05, 4.69) is 12.2 Å². The van der Waals surface area contributed by atoms with Gasteiger partial charge in [-0.1, -0.05) is 12.2 Å². The number of rotatable bonds is 0. The Bertz CT molecular complexity index is 63.7. The van der Waals surface area contributed by atoms with E-state index in [4.69, 9.17) is 5.73 Å². The van der Waals surface area contributed by atoms with Crippen molar-refractivity contribution >= 4 is 0 Å². The van der Waals surface area contributed by atoms with Crippen LogP contribution in [0.1, 0.15) is 12.8 Å². The number of hydrogen-bond donors (Lipinski definition) is 1. The van der Waals surface area contributed by atoms with Gasteiger partial charge < -0.3 is 28.0 Å². The quantitative estimate of drug-likeness (QED) is 0.536. The van der Waals surface area contributed by atoms with Crippen LogP contribution < -0.4 is 5.73 Å². The van der Waals surface area contributed by atoms with Gasteiger partial charge in [0.1, 0.15) is 0 Å². The first kappa shape index (κ1) is 22.4. The van der Waals surface area contributed by atoms with Crippen molar-refractivity contribution in [2.45, 2.75) is 18.9 Å². The molecule has 0 aromatic carbocycles. The largest absolute Gasteiger partial charge is 4.00 e. The molecule has 64 valence electrons. The summed E-state index contributed by atoms with van der Waals surface area (Å²) in [5.74, 6) is 0. The van der Waals surface area contributed by atoms with Crippen molar-refractivity contribution < 1.29 is 21.1 Å². The van der Waals surface area contributed by atoms with Crippen LogP contribution in [0.25, 0.3) is 0 Å². The fraction of sp³-hybridized carbons (Fsp3) is 0.375. The van der Waals surface area contributed by atoms with Gasteiger partial charge in [-0.05, 0) is 12.8 Å². The second kappa shape index (κ2) is 12.1. The van der Waals surface area contributed by atoms with Gasteiger partial charge in [0.25, 0.3) is 0 Å². The summed E-state index contributed by atoms with van der Waals surface area (Å²) in [5.41, 5.74) is 5.47. The topological polar surface area (TPSA) is 26.0 Å². The zero-order chi connectivity index (χ0) is 4.41. The Labute approximate surface area is 80.3 Å². The molecule has 0 saturated carbocycles. The van der Waals surface area contributed by atoms with E-state index in [1.165, 1.54) is 0 Å². The van der Waals surface area contributed by atoms with Gasteiger partial charge in [-0.25, -0.2) is 0 Å². The molecule has 1 rings (SSSR count). The molecule has 0 unspecified atom stereocenters. The third kappa shape index (κ3) is 8.39. The zero-order valence-corrected chi connectivity index (χ0v) is 9.31. The Hall–Kier alpha value is 0.388. The van der Waals surface area contributed by atoms with Crippen molar-refractivity contribution in [1.82, 2.24) is 0 Å². The molecule has 10 heavy (non-hydrogen) atoms. The third-order valence-electron chi connectivity index (χ3n) is 1.04. The predicted molar refractivity (Wildman–Crippen MR) is 45.6 cm³/mol. The zero-order valence-electron chi connectivity index (χ0n) is 7.04. The predicted octanol–water partition coefficient (Wildman–Crippen LogP) is 2.01. The molecule has 0 amide bonds. The van der Waals surface area contributed by atoms with Gasteiger partial charge in [-0.2, -0.15) is 0 Å². The van der Waals surface area contributed by atoms with E-state index in [9.17, 15) is 0 Å². The van der Waals surface area contributed by atoms with Crippen LogP contribution in [0.5, 0.6) is 0 Å². The fourth-order valence-electron chi connectivity index (χ4n) is 0.638. The first-order valence-corrected chi connectivity index (χ1v) is 2.30. The van der Waals surface area contributed by atoms with Gasteiger partial charge in [0, 0.05) is 6.04 Å². The van der Waals surface area contributed by atoms with Crippen LogP contribution >= 0.6 is 0 Å². The van der Waals surface area contributed by atoms with Gasteiger partial charge in [0.05, 0.1) is 0 Å². The SMILES string of the molecule is NC1CC=CC1.[CH3-].[CH3-].[CH3-].[Pt+4]. The van der Waals surface area contributed by atoms with Gasteiger partial charge in [0.2, 0.25) is 0 Å². The van der Waals surface area contributed by atoms with Crippen molar-refractivity contribution in [1.29, 1.82) is 0 Å². The monoisotopic (exact) mass is 323 g/mol. The van der Waals surface area contributed by atoms with Crippen LogP contribution in [0, 0.1) is 22.3 Å². The smallest absolute Gasteiger partial charge is 0.358 e. The first-order chi connectivity index (χ1) is 2.89. The van der Waals surface area contributed by atoms with E-state index < -0.39 is 0 Å². The summed E-state index contributed by atoms with van der Waals surface area (Å²) < 4.78 is 0. The summed E-state index contributed by atoms with van der Waals surface area (Å²) in [6.07, 6.45) is 6.43. The van der Waals surface area contributed by atoms with Gasteiger partial charge in [0.15, 0.2) is 0 Å². The molecule has 0 aliphatic heterocycles. The molecule has 0 atom stereocenters. The Kier molecular flexibility index (Phi) is 27.2. The average molecular weight is 323 g/mol. The molecular weight excluding hydrogens is 305 g/mol. The van der Waals surface area contributed by atoms with E-state index in [1.54, 1.807) is 0 Å². The minimum absolute atomic E-state index is 0. The van der Waals surface area contributed by atoms with Crippen LogP contribution in [-0.4, -0.2) is 6.04 Å². The first-order valence-electron chi connectivity index (χ1n) is 2.30. The Balaban J connectivity index is -0.0000000450. The van der Waals surface area contributed by atoms with Crippen molar-refractivity contribution in [2.75, 3.05) is 0 Å². The van der Waals surface area contributed by atoms with E-state index >= 15 is 0 Å². The van der Waals surface area contributed by atoms with Crippen LogP contribution in [0.2, 0.25) is 0 Å². The summed E-state index contributed by atoms with van der Waals surface area (Å²) in [4.78, 5) is 0. The molecule has 0 saturated heterocycles. The van der Waals surface area contributed by atoms with Gasteiger partial charge in [-0.15, -0.1) is 0 Å². The Morgan fingerprint density at radius 2 is 1.30 bits per heavy atom. The molecule has 1 nitrogen and oxygen atoms in total. The van der Waals surface area contributed by atoms with Crippen LogP contribution in [0.15, 0.2) is 12.2 Å². The minimum Gasteiger partial charge on any atom is -0.358 e. The molecule has 0 bridgehead atoms. The maximum Gasteiger partial charge on any atom is 4.00 e. The number of hydrogen-bond acceptors (Lipinski definition) is 1. The fourth-order valence-corrected chi connectivity index (χ4v) is 0.638. The van der Waals surface area contributed by atoms with Crippen molar-refractivity contribution in [3.63, 3.8) is 0 Å². The third-order valence-corrected chi connectivity index (χ3v) is 1.04. The molecule has 0 heterocycles. The Morgan fingerprint density at radius 1 is 1.00 bits per heavy atom. The standard InChI is InChI=1S/C5H9N.3CH3.Pt/c6-5-3-1-2-4-5;;;;/h1-2,5H,3-4,6H2;3*1H3;/q;3*-1;+4. The molecule has 0 aromatic rings. The summed E-state index contributed by atoms with van der Waals surface area (Å²) in [7, 11) is 0. The van der Waals surface area contributed by atoms with E-state index in [-0.39, 0.29) is 43.3 Å². The molecule has 0 spiro atoms. The maximum absolute atomic E-state index is 5.47. The summed E-state index contributed by atoms with van der Waals surface area (Å²) in [5, 5.41) is 0. The van der Waals surface area contributed by atoms with Crippen molar-refractivity contribution in [2.24, 2.45) is 5.73 Å². The molecule has 1 aliphatic rings. The molecular formula is C8H18NPt+. The molecule has 2 N–H and O–H groups in total. The van der Waals surface area contributed by atoms with Gasteiger partial charge >= 0.3 is 21.1 Å².